The Bertz CT molecular complexity index is 638. The number of sulfonamides is 1. The van der Waals surface area contributed by atoms with Crippen LogP contribution in [0.1, 0.15) is 25.7 Å². The molecule has 1 aromatic carbocycles. The van der Waals surface area contributed by atoms with Gasteiger partial charge in [-0.3, -0.25) is 4.79 Å². The lowest BCUT2D eigenvalue weighted by Crippen LogP contribution is -2.46. The molecule has 2 aliphatic rings. The van der Waals surface area contributed by atoms with Gasteiger partial charge in [0.05, 0.1) is 4.90 Å². The molecular weight excluding hydrogens is 290 g/mol. The van der Waals surface area contributed by atoms with Gasteiger partial charge in [0, 0.05) is 18.3 Å². The highest BCUT2D eigenvalue weighted by molar-refractivity contribution is 7.89. The Hall–Kier alpha value is -1.60. The minimum atomic E-state index is -3.65. The van der Waals surface area contributed by atoms with Gasteiger partial charge < -0.3 is 11.1 Å². The maximum atomic E-state index is 12.7. The Kier molecular flexibility index (Phi) is 3.62. The summed E-state index contributed by atoms with van der Waals surface area (Å²) in [6.45, 7) is 0.384. The number of benzene rings is 1. The van der Waals surface area contributed by atoms with Crippen molar-refractivity contribution in [2.45, 2.75) is 42.7 Å². The molecule has 1 atom stereocenters. The third-order valence-corrected chi connectivity index (χ3v) is 5.84. The fourth-order valence-corrected chi connectivity index (χ4v) is 4.25. The summed E-state index contributed by atoms with van der Waals surface area (Å²) in [5.74, 6) is -0.172. The lowest BCUT2D eigenvalue weighted by atomic mass is 10.2. The van der Waals surface area contributed by atoms with Crippen LogP contribution in [-0.4, -0.2) is 37.3 Å². The molecule has 1 saturated heterocycles. The van der Waals surface area contributed by atoms with E-state index in [9.17, 15) is 13.2 Å². The average Bonchev–Trinajstić information content (AvgIpc) is 3.11. The second-order valence-corrected chi connectivity index (χ2v) is 7.52. The van der Waals surface area contributed by atoms with Gasteiger partial charge in [0.1, 0.15) is 6.04 Å². The summed E-state index contributed by atoms with van der Waals surface area (Å²) in [5.41, 5.74) is 6.10. The molecule has 3 N–H and O–H groups in total. The first-order chi connectivity index (χ1) is 9.98. The van der Waals surface area contributed by atoms with Crippen molar-refractivity contribution in [1.82, 2.24) is 9.62 Å². The number of nitrogen functional groups attached to an aromatic ring is 1. The van der Waals surface area contributed by atoms with Gasteiger partial charge in [-0.2, -0.15) is 4.31 Å². The molecule has 1 aliphatic carbocycles. The fourth-order valence-electron chi connectivity index (χ4n) is 2.59. The molecule has 6 nitrogen and oxygen atoms in total. The molecule has 0 spiro atoms. The number of nitrogens with one attached hydrogen (secondary N) is 1. The van der Waals surface area contributed by atoms with Crippen LogP contribution in [0.5, 0.6) is 0 Å². The van der Waals surface area contributed by atoms with E-state index in [4.69, 9.17) is 5.73 Å². The molecule has 0 bridgehead atoms. The topological polar surface area (TPSA) is 92.5 Å². The number of hydrogen-bond donors (Lipinski definition) is 2. The summed E-state index contributed by atoms with van der Waals surface area (Å²) in [4.78, 5) is 12.4. The summed E-state index contributed by atoms with van der Waals surface area (Å²) in [6.07, 6.45) is 3.26. The van der Waals surface area contributed by atoms with E-state index in [1.165, 1.54) is 16.4 Å². The number of amides is 1. The SMILES string of the molecule is Nc1ccc(S(=O)(=O)N2CCCC2C(=O)NC2CC2)cc1. The number of rotatable bonds is 4. The second kappa shape index (κ2) is 5.31. The van der Waals surface area contributed by atoms with Crippen LogP contribution in [0, 0.1) is 0 Å². The minimum absolute atomic E-state index is 0.172. The summed E-state index contributed by atoms with van der Waals surface area (Å²) < 4.78 is 26.6. The van der Waals surface area contributed by atoms with Crippen molar-refractivity contribution in [2.24, 2.45) is 0 Å². The molecule has 2 fully saturated rings. The van der Waals surface area contributed by atoms with Crippen molar-refractivity contribution in [2.75, 3.05) is 12.3 Å². The maximum Gasteiger partial charge on any atom is 0.243 e. The molecule has 0 radical (unpaired) electrons. The highest BCUT2D eigenvalue weighted by Crippen LogP contribution is 2.28. The zero-order chi connectivity index (χ0) is 15.0. The summed E-state index contributed by atoms with van der Waals surface area (Å²) in [5, 5.41) is 2.89. The van der Waals surface area contributed by atoms with Gasteiger partial charge in [-0.1, -0.05) is 0 Å². The van der Waals surface area contributed by atoms with Crippen LogP contribution in [0.2, 0.25) is 0 Å². The molecule has 3 rings (SSSR count). The van der Waals surface area contributed by atoms with Crippen LogP contribution < -0.4 is 11.1 Å². The Labute approximate surface area is 124 Å². The highest BCUT2D eigenvalue weighted by Gasteiger charge is 2.40. The molecule has 1 aromatic rings. The zero-order valence-electron chi connectivity index (χ0n) is 11.7. The Morgan fingerprint density at radius 3 is 2.48 bits per heavy atom. The first-order valence-corrected chi connectivity index (χ1v) is 8.60. The molecule has 0 aromatic heterocycles. The zero-order valence-corrected chi connectivity index (χ0v) is 12.5. The number of nitrogens with two attached hydrogens (primary N) is 1. The lowest BCUT2D eigenvalue weighted by Gasteiger charge is -2.23. The predicted molar refractivity (Wildman–Crippen MR) is 78.9 cm³/mol. The van der Waals surface area contributed by atoms with Crippen molar-refractivity contribution in [3.05, 3.63) is 24.3 Å². The van der Waals surface area contributed by atoms with E-state index in [0.29, 0.717) is 25.1 Å². The van der Waals surface area contributed by atoms with Crippen LogP contribution >= 0.6 is 0 Å². The first kappa shape index (κ1) is 14.3. The number of carbonyl (C=O) groups excluding carboxylic acids is 1. The van der Waals surface area contributed by atoms with Crippen LogP contribution in [0.3, 0.4) is 0 Å². The molecule has 1 aliphatic heterocycles. The Morgan fingerprint density at radius 1 is 1.19 bits per heavy atom. The lowest BCUT2D eigenvalue weighted by molar-refractivity contribution is -0.124. The van der Waals surface area contributed by atoms with E-state index in [-0.39, 0.29) is 16.8 Å². The first-order valence-electron chi connectivity index (χ1n) is 7.16. The Morgan fingerprint density at radius 2 is 1.86 bits per heavy atom. The van der Waals surface area contributed by atoms with E-state index >= 15 is 0 Å². The largest absolute Gasteiger partial charge is 0.399 e. The van der Waals surface area contributed by atoms with E-state index in [2.05, 4.69) is 5.32 Å². The quantitative estimate of drug-likeness (QED) is 0.801. The Balaban J connectivity index is 1.82. The highest BCUT2D eigenvalue weighted by atomic mass is 32.2. The van der Waals surface area contributed by atoms with E-state index in [1.807, 2.05) is 0 Å². The van der Waals surface area contributed by atoms with Crippen LogP contribution in [0.25, 0.3) is 0 Å². The molecule has 21 heavy (non-hydrogen) atoms. The molecule has 114 valence electrons. The molecule has 7 heteroatoms. The number of hydrogen-bond acceptors (Lipinski definition) is 4. The van der Waals surface area contributed by atoms with Crippen molar-refractivity contribution in [1.29, 1.82) is 0 Å². The third-order valence-electron chi connectivity index (χ3n) is 3.92. The maximum absolute atomic E-state index is 12.7. The van der Waals surface area contributed by atoms with E-state index in [1.54, 1.807) is 12.1 Å². The third kappa shape index (κ3) is 2.89. The van der Waals surface area contributed by atoms with Crippen molar-refractivity contribution < 1.29 is 13.2 Å². The van der Waals surface area contributed by atoms with Gasteiger partial charge in [0.2, 0.25) is 15.9 Å². The molecule has 1 unspecified atom stereocenters. The number of nitrogens with zero attached hydrogens (tertiary/aromatic N) is 1. The predicted octanol–water partition coefficient (Wildman–Crippen LogP) is 0.700. The summed E-state index contributed by atoms with van der Waals surface area (Å²) in [6, 6.07) is 5.73. The van der Waals surface area contributed by atoms with Gasteiger partial charge >= 0.3 is 0 Å². The normalized spacial score (nSPS) is 23.1. The van der Waals surface area contributed by atoms with Crippen molar-refractivity contribution in [3.63, 3.8) is 0 Å². The number of carbonyl (C=O) groups is 1. The van der Waals surface area contributed by atoms with Crippen LogP contribution in [-0.2, 0) is 14.8 Å². The van der Waals surface area contributed by atoms with E-state index < -0.39 is 16.1 Å². The average molecular weight is 309 g/mol. The van der Waals surface area contributed by atoms with Gasteiger partial charge in [-0.05, 0) is 49.9 Å². The van der Waals surface area contributed by atoms with Gasteiger partial charge in [0.15, 0.2) is 0 Å². The van der Waals surface area contributed by atoms with Gasteiger partial charge in [-0.25, -0.2) is 8.42 Å². The molecule has 1 heterocycles. The fraction of sp³-hybridized carbons (Fsp3) is 0.500. The van der Waals surface area contributed by atoms with Crippen molar-refractivity contribution in [3.8, 4) is 0 Å². The smallest absolute Gasteiger partial charge is 0.243 e. The standard InChI is InChI=1S/C14H19N3O3S/c15-10-3-7-12(8-4-10)21(19,20)17-9-1-2-13(17)14(18)16-11-5-6-11/h3-4,7-8,11,13H,1-2,5-6,9,15H2,(H,16,18). The van der Waals surface area contributed by atoms with Crippen LogP contribution in [0.4, 0.5) is 5.69 Å². The molecule has 1 saturated carbocycles. The van der Waals surface area contributed by atoms with Crippen molar-refractivity contribution >= 4 is 21.6 Å². The monoisotopic (exact) mass is 309 g/mol. The van der Waals surface area contributed by atoms with Gasteiger partial charge in [0.25, 0.3) is 0 Å². The molecular formula is C14H19N3O3S. The van der Waals surface area contributed by atoms with Gasteiger partial charge in [-0.15, -0.1) is 0 Å². The molecule has 1 amide bonds. The number of anilines is 1. The summed E-state index contributed by atoms with van der Waals surface area (Å²) in [7, 11) is -3.65. The van der Waals surface area contributed by atoms with Crippen LogP contribution in [0.15, 0.2) is 29.2 Å². The minimum Gasteiger partial charge on any atom is -0.399 e. The second-order valence-electron chi connectivity index (χ2n) is 5.63. The summed E-state index contributed by atoms with van der Waals surface area (Å²) >= 11 is 0. The van der Waals surface area contributed by atoms with E-state index in [0.717, 1.165) is 12.8 Å².